The molecule has 0 aromatic carbocycles. The van der Waals surface area contributed by atoms with Crippen molar-refractivity contribution in [1.29, 1.82) is 0 Å². The Kier molecular flexibility index (Phi) is 1.96. The van der Waals surface area contributed by atoms with Gasteiger partial charge in [-0.05, 0) is 19.4 Å². The molecule has 0 aliphatic carbocycles. The lowest BCUT2D eigenvalue weighted by Crippen LogP contribution is -2.31. The predicted octanol–water partition coefficient (Wildman–Crippen LogP) is -0.675. The maximum atomic E-state index is 11.5. The van der Waals surface area contributed by atoms with Crippen LogP contribution in [0.25, 0.3) is 12.2 Å². The normalized spacial score (nSPS) is 10.3. The summed E-state index contributed by atoms with van der Waals surface area (Å²) in [6.07, 6.45) is 0. The van der Waals surface area contributed by atoms with Crippen molar-refractivity contribution in [2.75, 3.05) is 0 Å². The number of hydrogen-bond donors (Lipinski definition) is 0. The second-order valence-corrected chi connectivity index (χ2v) is 3.19. The van der Waals surface area contributed by atoms with Gasteiger partial charge in [0.25, 0.3) is 5.56 Å². The van der Waals surface area contributed by atoms with Gasteiger partial charge in [-0.3, -0.25) is 9.36 Å². The van der Waals surface area contributed by atoms with E-state index in [4.69, 9.17) is 0 Å². The van der Waals surface area contributed by atoms with Crippen LogP contribution in [0, 0.1) is 0 Å². The van der Waals surface area contributed by atoms with Gasteiger partial charge in [-0.1, -0.05) is 6.58 Å². The summed E-state index contributed by atoms with van der Waals surface area (Å²) in [5, 5.41) is 0.738. The fraction of sp³-hybridized carbons (Fsp3) is 0.444. The third kappa shape index (κ3) is 1.02. The van der Waals surface area contributed by atoms with Gasteiger partial charge in [0, 0.05) is 14.1 Å². The van der Waals surface area contributed by atoms with Crippen LogP contribution in [0.15, 0.2) is 4.79 Å². The van der Waals surface area contributed by atoms with Crippen LogP contribution in [0.5, 0.6) is 0 Å². The summed E-state index contributed by atoms with van der Waals surface area (Å²) in [6.45, 7) is 7.65. The van der Waals surface area contributed by atoms with Crippen molar-refractivity contribution in [3.8, 4) is 0 Å². The van der Waals surface area contributed by atoms with E-state index in [2.05, 4.69) is 6.58 Å². The molecule has 1 aromatic heterocycles. The summed E-state index contributed by atoms with van der Waals surface area (Å²) in [4.78, 5) is 11.5. The van der Waals surface area contributed by atoms with Gasteiger partial charge >= 0.3 is 0 Å². The minimum atomic E-state index is 0.0301. The Morgan fingerprint density at radius 2 is 1.75 bits per heavy atom. The fourth-order valence-electron chi connectivity index (χ4n) is 1.32. The molecule has 1 rings (SSSR count). The van der Waals surface area contributed by atoms with Gasteiger partial charge in [0.2, 0.25) is 0 Å². The molecule has 1 aromatic rings. The third-order valence-corrected chi connectivity index (χ3v) is 2.09. The zero-order valence-corrected chi connectivity index (χ0v) is 8.01. The number of rotatable bonds is 0. The molecule has 0 aliphatic rings. The molecule has 12 heavy (non-hydrogen) atoms. The van der Waals surface area contributed by atoms with Crippen molar-refractivity contribution in [3.63, 3.8) is 0 Å². The van der Waals surface area contributed by atoms with Gasteiger partial charge in [0.15, 0.2) is 0 Å². The molecular formula is C9H14N2O. The smallest absolute Gasteiger partial charge is 0.275 e. The summed E-state index contributed by atoms with van der Waals surface area (Å²) in [5.41, 5.74) is 1.78. The Balaban J connectivity index is 4.01. The van der Waals surface area contributed by atoms with Crippen LogP contribution in [-0.2, 0) is 14.1 Å². The lowest BCUT2D eigenvalue weighted by Gasteiger charge is -1.91. The molecule has 0 atom stereocenters. The van der Waals surface area contributed by atoms with E-state index in [0.717, 1.165) is 16.4 Å². The first-order valence-electron chi connectivity index (χ1n) is 3.85. The van der Waals surface area contributed by atoms with Crippen molar-refractivity contribution >= 4 is 12.2 Å². The second kappa shape index (κ2) is 2.66. The quantitative estimate of drug-likeness (QED) is 0.502. The molecule has 0 fully saturated rings. The van der Waals surface area contributed by atoms with E-state index in [-0.39, 0.29) is 5.56 Å². The molecule has 3 nitrogen and oxygen atoms in total. The minimum Gasteiger partial charge on any atom is -0.327 e. The lowest BCUT2D eigenvalue weighted by atomic mass is 10.3. The largest absolute Gasteiger partial charge is 0.327 e. The number of hydrogen-bond acceptors (Lipinski definition) is 1. The van der Waals surface area contributed by atoms with Crippen molar-refractivity contribution in [2.24, 2.45) is 14.1 Å². The van der Waals surface area contributed by atoms with Crippen molar-refractivity contribution < 1.29 is 0 Å². The topological polar surface area (TPSA) is 26.9 Å². The molecule has 0 unspecified atom stereocenters. The lowest BCUT2D eigenvalue weighted by molar-refractivity contribution is 0.770. The molecule has 0 aliphatic heterocycles. The third-order valence-electron chi connectivity index (χ3n) is 2.09. The maximum Gasteiger partial charge on any atom is 0.275 e. The van der Waals surface area contributed by atoms with E-state index in [1.54, 1.807) is 11.6 Å². The van der Waals surface area contributed by atoms with E-state index < -0.39 is 0 Å². The van der Waals surface area contributed by atoms with Crippen LogP contribution in [0.4, 0.5) is 0 Å². The Bertz CT molecular complexity index is 458. The van der Waals surface area contributed by atoms with Crippen molar-refractivity contribution in [2.45, 2.75) is 13.8 Å². The minimum absolute atomic E-state index is 0.0301. The van der Waals surface area contributed by atoms with Crippen LogP contribution in [-0.4, -0.2) is 9.13 Å². The molecule has 0 bridgehead atoms. The van der Waals surface area contributed by atoms with Crippen LogP contribution >= 0.6 is 0 Å². The van der Waals surface area contributed by atoms with E-state index in [1.807, 2.05) is 25.5 Å². The molecule has 1 heterocycles. The summed E-state index contributed by atoms with van der Waals surface area (Å²) in [7, 11) is 3.59. The summed E-state index contributed by atoms with van der Waals surface area (Å²) < 4.78 is 3.38. The maximum absolute atomic E-state index is 11.5. The first kappa shape index (κ1) is 8.84. The fourth-order valence-corrected chi connectivity index (χ4v) is 1.32. The van der Waals surface area contributed by atoms with Gasteiger partial charge in [-0.2, -0.15) is 0 Å². The zero-order chi connectivity index (χ0) is 9.46. The Labute approximate surface area is 71.3 Å². The van der Waals surface area contributed by atoms with Gasteiger partial charge in [0.05, 0.1) is 0 Å². The second-order valence-electron chi connectivity index (χ2n) is 3.19. The van der Waals surface area contributed by atoms with E-state index in [1.165, 1.54) is 0 Å². The SMILES string of the molecule is C=c1n(C)c(=O)c(=C(C)C)n1C. The molecule has 0 amide bonds. The van der Waals surface area contributed by atoms with Crippen molar-refractivity contribution in [3.05, 3.63) is 21.2 Å². The summed E-state index contributed by atoms with van der Waals surface area (Å²) in [5.74, 6) is 0. The number of aromatic nitrogens is 2. The highest BCUT2D eigenvalue weighted by Gasteiger charge is 2.01. The van der Waals surface area contributed by atoms with Gasteiger partial charge in [0.1, 0.15) is 10.8 Å². The van der Waals surface area contributed by atoms with Crippen LogP contribution in [0.3, 0.4) is 0 Å². The summed E-state index contributed by atoms with van der Waals surface area (Å²) in [6, 6.07) is 0. The number of nitrogens with zero attached hydrogens (tertiary/aromatic N) is 2. The van der Waals surface area contributed by atoms with Gasteiger partial charge in [-0.25, -0.2) is 0 Å². The average molecular weight is 166 g/mol. The Morgan fingerprint density at radius 1 is 1.25 bits per heavy atom. The summed E-state index contributed by atoms with van der Waals surface area (Å²) >= 11 is 0. The molecular weight excluding hydrogens is 152 g/mol. The molecule has 0 saturated carbocycles. The highest BCUT2D eigenvalue weighted by molar-refractivity contribution is 5.35. The highest BCUT2D eigenvalue weighted by Crippen LogP contribution is 1.80. The first-order valence-corrected chi connectivity index (χ1v) is 3.85. The highest BCUT2D eigenvalue weighted by atomic mass is 16.1. The Hall–Kier alpha value is -1.25. The van der Waals surface area contributed by atoms with Crippen LogP contribution < -0.4 is 16.4 Å². The monoisotopic (exact) mass is 166 g/mol. The standard InChI is InChI=1S/C9H14N2O/c1-6(2)8-9(12)11(5)7(3)10(8)4/h3H2,1-2,4-5H3. The molecule has 0 radical (unpaired) electrons. The van der Waals surface area contributed by atoms with E-state index >= 15 is 0 Å². The van der Waals surface area contributed by atoms with Crippen molar-refractivity contribution in [1.82, 2.24) is 9.13 Å². The van der Waals surface area contributed by atoms with Crippen LogP contribution in [0.1, 0.15) is 13.8 Å². The predicted molar refractivity (Wildman–Crippen MR) is 50.2 cm³/mol. The van der Waals surface area contributed by atoms with E-state index in [9.17, 15) is 4.79 Å². The number of imidazole rings is 1. The van der Waals surface area contributed by atoms with E-state index in [0.29, 0.717) is 0 Å². The Morgan fingerprint density at radius 3 is 1.92 bits per heavy atom. The molecule has 0 saturated heterocycles. The van der Waals surface area contributed by atoms with Gasteiger partial charge in [-0.15, -0.1) is 0 Å². The van der Waals surface area contributed by atoms with Crippen LogP contribution in [0.2, 0.25) is 0 Å². The van der Waals surface area contributed by atoms with Gasteiger partial charge < -0.3 is 4.57 Å². The molecule has 3 heteroatoms. The molecule has 0 N–H and O–H groups in total. The molecule has 66 valence electrons. The molecule has 0 spiro atoms. The average Bonchev–Trinajstić information content (AvgIpc) is 2.16. The first-order chi connectivity index (χ1) is 5.46. The zero-order valence-electron chi connectivity index (χ0n) is 8.01.